The van der Waals surface area contributed by atoms with Crippen molar-refractivity contribution >= 4 is 11.8 Å². The fourth-order valence-corrected chi connectivity index (χ4v) is 1.93. The van der Waals surface area contributed by atoms with Crippen LogP contribution in [0, 0.1) is 0 Å². The minimum atomic E-state index is -0.346. The summed E-state index contributed by atoms with van der Waals surface area (Å²) in [4.78, 5) is 25.2. The molecule has 1 saturated heterocycles. The lowest BCUT2D eigenvalue weighted by Gasteiger charge is -2.26. The smallest absolute Gasteiger partial charge is 0.247 e. The molecule has 2 atom stereocenters. The molecule has 0 radical (unpaired) electrons. The van der Waals surface area contributed by atoms with Crippen LogP contribution >= 0.6 is 0 Å². The van der Waals surface area contributed by atoms with Crippen LogP contribution in [0.3, 0.4) is 0 Å². The van der Waals surface area contributed by atoms with Crippen LogP contribution in [-0.4, -0.2) is 34.3 Å². The summed E-state index contributed by atoms with van der Waals surface area (Å²) in [6.45, 7) is 9.88. The Bertz CT molecular complexity index is 294. The van der Waals surface area contributed by atoms with Gasteiger partial charge in [-0.3, -0.25) is 14.5 Å². The van der Waals surface area contributed by atoms with E-state index in [0.29, 0.717) is 6.42 Å². The highest BCUT2D eigenvalue weighted by Gasteiger charge is 2.41. The topological polar surface area (TPSA) is 49.4 Å². The van der Waals surface area contributed by atoms with Crippen LogP contribution in [0.5, 0.6) is 0 Å². The monoisotopic (exact) mass is 226 g/mol. The van der Waals surface area contributed by atoms with Gasteiger partial charge in [0, 0.05) is 11.6 Å². The van der Waals surface area contributed by atoms with Crippen molar-refractivity contribution in [3.05, 3.63) is 0 Å². The maximum absolute atomic E-state index is 12.0. The first-order valence-electron chi connectivity index (χ1n) is 5.90. The van der Waals surface area contributed by atoms with Crippen molar-refractivity contribution in [3.8, 4) is 0 Å². The third kappa shape index (κ3) is 2.82. The van der Waals surface area contributed by atoms with Gasteiger partial charge in [-0.25, -0.2) is 0 Å². The van der Waals surface area contributed by atoms with Crippen LogP contribution in [-0.2, 0) is 9.59 Å². The molecule has 2 amide bonds. The van der Waals surface area contributed by atoms with E-state index in [-0.39, 0.29) is 29.4 Å². The molecule has 1 N–H and O–H groups in total. The zero-order valence-electron chi connectivity index (χ0n) is 10.8. The van der Waals surface area contributed by atoms with E-state index in [1.54, 1.807) is 0 Å². The van der Waals surface area contributed by atoms with E-state index >= 15 is 0 Å². The number of rotatable bonds is 3. The van der Waals surface area contributed by atoms with Crippen molar-refractivity contribution in [1.82, 2.24) is 10.2 Å². The quantitative estimate of drug-likeness (QED) is 0.738. The Hall–Kier alpha value is -0.900. The van der Waals surface area contributed by atoms with Crippen molar-refractivity contribution in [3.63, 3.8) is 0 Å². The molecule has 0 bridgehead atoms. The zero-order valence-corrected chi connectivity index (χ0v) is 10.8. The first-order chi connectivity index (χ1) is 7.26. The Morgan fingerprint density at radius 3 is 2.44 bits per heavy atom. The Balaban J connectivity index is 2.75. The highest BCUT2D eigenvalue weighted by Crippen LogP contribution is 2.19. The van der Waals surface area contributed by atoms with Gasteiger partial charge in [-0.15, -0.1) is 0 Å². The van der Waals surface area contributed by atoms with Crippen LogP contribution in [0.15, 0.2) is 0 Å². The summed E-state index contributed by atoms with van der Waals surface area (Å²) in [6.07, 6.45) is 1.10. The van der Waals surface area contributed by atoms with Crippen LogP contribution in [0.1, 0.15) is 47.5 Å². The van der Waals surface area contributed by atoms with E-state index in [9.17, 15) is 9.59 Å². The fraction of sp³-hybridized carbons (Fsp3) is 0.833. The van der Waals surface area contributed by atoms with E-state index in [0.717, 1.165) is 6.42 Å². The maximum atomic E-state index is 12.0. The number of carbonyl (C=O) groups excluding carboxylic acids is 2. The average Bonchev–Trinajstić information content (AvgIpc) is 2.38. The van der Waals surface area contributed by atoms with Crippen molar-refractivity contribution in [2.45, 2.75) is 65.1 Å². The summed E-state index contributed by atoms with van der Waals surface area (Å²) < 4.78 is 0. The average molecular weight is 226 g/mol. The highest BCUT2D eigenvalue weighted by atomic mass is 16.2. The van der Waals surface area contributed by atoms with Crippen molar-refractivity contribution in [2.24, 2.45) is 0 Å². The van der Waals surface area contributed by atoms with Gasteiger partial charge in [-0.1, -0.05) is 6.92 Å². The first-order valence-corrected chi connectivity index (χ1v) is 5.90. The molecule has 0 aliphatic carbocycles. The number of amides is 2. The predicted molar refractivity (Wildman–Crippen MR) is 62.9 cm³/mol. The minimum absolute atomic E-state index is 0.00627. The molecule has 4 heteroatoms. The second-order valence-electron chi connectivity index (χ2n) is 5.51. The SMILES string of the molecule is CCC(C)N1C(=O)CC(NC(C)(C)C)C1=O. The molecule has 2 unspecified atom stereocenters. The Morgan fingerprint density at radius 1 is 1.44 bits per heavy atom. The molecule has 92 valence electrons. The van der Waals surface area contributed by atoms with Crippen molar-refractivity contribution in [2.75, 3.05) is 0 Å². The van der Waals surface area contributed by atoms with Gasteiger partial charge >= 0.3 is 0 Å². The number of imide groups is 1. The van der Waals surface area contributed by atoms with Gasteiger partial charge in [0.15, 0.2) is 0 Å². The number of nitrogens with one attached hydrogen (secondary N) is 1. The standard InChI is InChI=1S/C12H22N2O2/c1-6-8(2)14-10(15)7-9(11(14)16)13-12(3,4)5/h8-9,13H,6-7H2,1-5H3. The van der Waals surface area contributed by atoms with E-state index in [4.69, 9.17) is 0 Å². The van der Waals surface area contributed by atoms with Crippen LogP contribution in [0.25, 0.3) is 0 Å². The first kappa shape index (κ1) is 13.2. The predicted octanol–water partition coefficient (Wildman–Crippen LogP) is 1.30. The summed E-state index contributed by atoms with van der Waals surface area (Å²) >= 11 is 0. The third-order valence-electron chi connectivity index (χ3n) is 2.82. The third-order valence-corrected chi connectivity index (χ3v) is 2.82. The number of likely N-dealkylation sites (tertiary alicyclic amines) is 1. The van der Waals surface area contributed by atoms with Crippen LogP contribution < -0.4 is 5.32 Å². The van der Waals surface area contributed by atoms with Gasteiger partial charge in [0.25, 0.3) is 0 Å². The molecular formula is C12H22N2O2. The van der Waals surface area contributed by atoms with Gasteiger partial charge in [0.1, 0.15) is 0 Å². The Kier molecular flexibility index (Phi) is 3.73. The molecule has 4 nitrogen and oxygen atoms in total. The van der Waals surface area contributed by atoms with Gasteiger partial charge in [-0.2, -0.15) is 0 Å². The number of carbonyl (C=O) groups is 2. The number of hydrogen-bond donors (Lipinski definition) is 1. The van der Waals surface area contributed by atoms with Crippen molar-refractivity contribution in [1.29, 1.82) is 0 Å². The van der Waals surface area contributed by atoms with E-state index in [1.807, 2.05) is 34.6 Å². The molecule has 1 heterocycles. The molecule has 16 heavy (non-hydrogen) atoms. The van der Waals surface area contributed by atoms with Gasteiger partial charge in [0.05, 0.1) is 12.5 Å². The molecule has 1 rings (SSSR count). The summed E-state index contributed by atoms with van der Waals surface area (Å²) in [5.74, 6) is -0.129. The molecule has 0 aromatic heterocycles. The van der Waals surface area contributed by atoms with Crippen molar-refractivity contribution < 1.29 is 9.59 Å². The summed E-state index contributed by atoms with van der Waals surface area (Å²) in [6, 6.07) is -0.340. The largest absolute Gasteiger partial charge is 0.301 e. The molecule has 1 aliphatic rings. The lowest BCUT2D eigenvalue weighted by Crippen LogP contribution is -2.48. The lowest BCUT2D eigenvalue weighted by atomic mass is 10.1. The normalized spacial score (nSPS) is 24.1. The number of hydrogen-bond acceptors (Lipinski definition) is 3. The summed E-state index contributed by atoms with van der Waals surface area (Å²) in [5.41, 5.74) is -0.147. The highest BCUT2D eigenvalue weighted by molar-refractivity contribution is 6.05. The molecule has 0 aromatic carbocycles. The lowest BCUT2D eigenvalue weighted by molar-refractivity contribution is -0.141. The molecule has 0 spiro atoms. The molecule has 1 fully saturated rings. The maximum Gasteiger partial charge on any atom is 0.247 e. The molecule has 0 aromatic rings. The van der Waals surface area contributed by atoms with Gasteiger partial charge in [0.2, 0.25) is 11.8 Å². The Morgan fingerprint density at radius 2 is 2.00 bits per heavy atom. The molecule has 1 aliphatic heterocycles. The molecular weight excluding hydrogens is 204 g/mol. The second kappa shape index (κ2) is 4.53. The summed E-state index contributed by atoms with van der Waals surface area (Å²) in [7, 11) is 0. The zero-order chi connectivity index (χ0) is 12.5. The summed E-state index contributed by atoms with van der Waals surface area (Å²) in [5, 5.41) is 3.20. The Labute approximate surface area is 97.4 Å². The molecule has 0 saturated carbocycles. The number of nitrogens with zero attached hydrogens (tertiary/aromatic N) is 1. The fourth-order valence-electron chi connectivity index (χ4n) is 1.93. The van der Waals surface area contributed by atoms with Crippen LogP contribution in [0.4, 0.5) is 0 Å². The van der Waals surface area contributed by atoms with E-state index in [2.05, 4.69) is 5.32 Å². The van der Waals surface area contributed by atoms with Gasteiger partial charge < -0.3 is 5.32 Å². The van der Waals surface area contributed by atoms with E-state index in [1.165, 1.54) is 4.90 Å². The van der Waals surface area contributed by atoms with E-state index < -0.39 is 0 Å². The van der Waals surface area contributed by atoms with Crippen LogP contribution in [0.2, 0.25) is 0 Å². The second-order valence-corrected chi connectivity index (χ2v) is 5.51. The van der Waals surface area contributed by atoms with Gasteiger partial charge in [-0.05, 0) is 34.1 Å². The minimum Gasteiger partial charge on any atom is -0.301 e.